The second kappa shape index (κ2) is 5.44. The van der Waals surface area contributed by atoms with Crippen LogP contribution in [-0.4, -0.2) is 16.7 Å². The van der Waals surface area contributed by atoms with Crippen LogP contribution in [0.2, 0.25) is 0 Å². The van der Waals surface area contributed by atoms with Crippen LogP contribution in [-0.2, 0) is 11.2 Å². The number of hydrogen-bond donors (Lipinski definition) is 1. The second-order valence-electron chi connectivity index (χ2n) is 3.51. The van der Waals surface area contributed by atoms with E-state index in [4.69, 9.17) is 4.52 Å². The number of anilines is 1. The molecular formula is C11H17N3O2. The third-order valence-electron chi connectivity index (χ3n) is 2.39. The van der Waals surface area contributed by atoms with E-state index in [9.17, 15) is 4.79 Å². The van der Waals surface area contributed by atoms with Gasteiger partial charge in [-0.2, -0.15) is 5.10 Å². The van der Waals surface area contributed by atoms with E-state index >= 15 is 0 Å². The van der Waals surface area contributed by atoms with Gasteiger partial charge in [0.15, 0.2) is 5.78 Å². The van der Waals surface area contributed by atoms with Gasteiger partial charge in [0.2, 0.25) is 5.88 Å². The van der Waals surface area contributed by atoms with Crippen LogP contribution >= 0.6 is 0 Å². The van der Waals surface area contributed by atoms with E-state index < -0.39 is 0 Å². The van der Waals surface area contributed by atoms with Gasteiger partial charge in [-0.3, -0.25) is 4.79 Å². The summed E-state index contributed by atoms with van der Waals surface area (Å²) in [5.41, 5.74) is 5.01. The minimum atomic E-state index is 0.0155. The lowest BCUT2D eigenvalue weighted by Gasteiger charge is -1.99. The zero-order valence-corrected chi connectivity index (χ0v) is 10.1. The van der Waals surface area contributed by atoms with E-state index in [1.54, 1.807) is 13.8 Å². The first-order valence-corrected chi connectivity index (χ1v) is 5.38. The number of aryl methyl sites for hydroxylation is 1. The van der Waals surface area contributed by atoms with Gasteiger partial charge in [0.25, 0.3) is 0 Å². The van der Waals surface area contributed by atoms with E-state index in [2.05, 4.69) is 15.7 Å². The monoisotopic (exact) mass is 223 g/mol. The Labute approximate surface area is 94.9 Å². The minimum Gasteiger partial charge on any atom is -0.336 e. The topological polar surface area (TPSA) is 67.5 Å². The molecule has 0 aliphatic heterocycles. The van der Waals surface area contributed by atoms with Crippen molar-refractivity contribution in [2.45, 2.75) is 40.5 Å². The first-order chi connectivity index (χ1) is 7.60. The normalized spacial score (nSPS) is 11.6. The Kier molecular flexibility index (Phi) is 4.22. The van der Waals surface area contributed by atoms with Gasteiger partial charge in [-0.25, -0.2) is 5.43 Å². The summed E-state index contributed by atoms with van der Waals surface area (Å²) in [6, 6.07) is 0. The summed E-state index contributed by atoms with van der Waals surface area (Å²) in [7, 11) is 0. The maximum Gasteiger partial charge on any atom is 0.248 e. The molecule has 1 N–H and O–H groups in total. The smallest absolute Gasteiger partial charge is 0.248 e. The molecule has 1 heterocycles. The fourth-order valence-corrected chi connectivity index (χ4v) is 1.35. The van der Waals surface area contributed by atoms with Gasteiger partial charge in [0.1, 0.15) is 5.71 Å². The van der Waals surface area contributed by atoms with Gasteiger partial charge in [0, 0.05) is 12.0 Å². The summed E-state index contributed by atoms with van der Waals surface area (Å²) in [5, 5.41) is 7.81. The van der Waals surface area contributed by atoms with Crippen LogP contribution in [0, 0.1) is 6.92 Å². The molecule has 1 rings (SSSR count). The number of hydrazone groups is 1. The van der Waals surface area contributed by atoms with Crippen LogP contribution in [0.15, 0.2) is 9.62 Å². The molecule has 0 fully saturated rings. The average Bonchev–Trinajstić information content (AvgIpc) is 2.65. The molecule has 0 aliphatic carbocycles. The summed E-state index contributed by atoms with van der Waals surface area (Å²) in [6.45, 7) is 7.37. The molecule has 0 saturated carbocycles. The zero-order valence-electron chi connectivity index (χ0n) is 10.1. The molecule has 1 aromatic rings. The van der Waals surface area contributed by atoms with Crippen molar-refractivity contribution in [3.05, 3.63) is 11.3 Å². The molecule has 5 heteroatoms. The first-order valence-electron chi connectivity index (χ1n) is 5.38. The van der Waals surface area contributed by atoms with Crippen LogP contribution in [0.25, 0.3) is 0 Å². The van der Waals surface area contributed by atoms with Gasteiger partial charge in [-0.15, -0.1) is 0 Å². The van der Waals surface area contributed by atoms with E-state index in [0.29, 0.717) is 18.0 Å². The van der Waals surface area contributed by atoms with Gasteiger partial charge in [-0.1, -0.05) is 19.0 Å². The number of carbonyl (C=O) groups excluding carboxylic acids is 1. The molecular weight excluding hydrogens is 206 g/mol. The highest BCUT2D eigenvalue weighted by molar-refractivity contribution is 6.38. The second-order valence-corrected chi connectivity index (χ2v) is 3.51. The largest absolute Gasteiger partial charge is 0.336 e. The predicted molar refractivity (Wildman–Crippen MR) is 62.6 cm³/mol. The van der Waals surface area contributed by atoms with E-state index in [1.165, 1.54) is 0 Å². The molecule has 0 bridgehead atoms. The molecule has 0 saturated heterocycles. The van der Waals surface area contributed by atoms with Crippen molar-refractivity contribution >= 4 is 17.4 Å². The van der Waals surface area contributed by atoms with Crippen molar-refractivity contribution in [2.75, 3.05) is 5.43 Å². The highest BCUT2D eigenvalue weighted by atomic mass is 16.5. The van der Waals surface area contributed by atoms with Crippen LogP contribution in [0.3, 0.4) is 0 Å². The van der Waals surface area contributed by atoms with Crippen molar-refractivity contribution in [3.63, 3.8) is 0 Å². The summed E-state index contributed by atoms with van der Waals surface area (Å²) in [4.78, 5) is 11.3. The van der Waals surface area contributed by atoms with Crippen molar-refractivity contribution < 1.29 is 9.32 Å². The fraction of sp³-hybridized carbons (Fsp3) is 0.545. The summed E-state index contributed by atoms with van der Waals surface area (Å²) < 4.78 is 5.07. The molecule has 0 spiro atoms. The number of rotatable bonds is 5. The molecule has 88 valence electrons. The van der Waals surface area contributed by atoms with E-state index in [-0.39, 0.29) is 5.78 Å². The van der Waals surface area contributed by atoms with Gasteiger partial charge < -0.3 is 4.52 Å². The van der Waals surface area contributed by atoms with Crippen molar-refractivity contribution in [1.82, 2.24) is 5.16 Å². The number of aromatic nitrogens is 1. The molecule has 5 nitrogen and oxygen atoms in total. The fourth-order valence-electron chi connectivity index (χ4n) is 1.35. The van der Waals surface area contributed by atoms with Gasteiger partial charge in [-0.05, 0) is 20.3 Å². The van der Waals surface area contributed by atoms with Gasteiger partial charge >= 0.3 is 0 Å². The van der Waals surface area contributed by atoms with Crippen LogP contribution in [0.4, 0.5) is 5.88 Å². The Hall–Kier alpha value is -1.65. The number of nitrogens with one attached hydrogen (secondary N) is 1. The molecule has 0 radical (unpaired) electrons. The van der Waals surface area contributed by atoms with Crippen molar-refractivity contribution in [3.8, 4) is 0 Å². The van der Waals surface area contributed by atoms with E-state index in [1.807, 2.05) is 13.8 Å². The molecule has 0 aromatic carbocycles. The third-order valence-corrected chi connectivity index (χ3v) is 2.39. The molecule has 16 heavy (non-hydrogen) atoms. The SMILES string of the molecule is CCC(=O)/C(C)=N\Nc1onc(C)c1CC. The lowest BCUT2D eigenvalue weighted by atomic mass is 10.2. The molecule has 1 aromatic heterocycles. The maximum atomic E-state index is 11.3. The average molecular weight is 223 g/mol. The highest BCUT2D eigenvalue weighted by Gasteiger charge is 2.10. The number of carbonyl (C=O) groups is 1. The van der Waals surface area contributed by atoms with Crippen molar-refractivity contribution in [2.24, 2.45) is 5.10 Å². The standard InChI is InChI=1S/C11H17N3O2/c1-5-9-7(3)14-16-11(9)13-12-8(4)10(15)6-2/h13H,5-6H2,1-4H3/b12-8-. The Balaban J connectivity index is 2.78. The Morgan fingerprint density at radius 1 is 1.50 bits per heavy atom. The van der Waals surface area contributed by atoms with Crippen LogP contribution in [0.5, 0.6) is 0 Å². The van der Waals surface area contributed by atoms with Crippen LogP contribution < -0.4 is 5.43 Å². The molecule has 0 aliphatic rings. The number of hydrogen-bond acceptors (Lipinski definition) is 5. The lowest BCUT2D eigenvalue weighted by molar-refractivity contribution is -0.112. The Morgan fingerprint density at radius 2 is 2.19 bits per heavy atom. The summed E-state index contributed by atoms with van der Waals surface area (Å²) in [6.07, 6.45) is 1.26. The predicted octanol–water partition coefficient (Wildman–Crippen LogP) is 2.31. The summed E-state index contributed by atoms with van der Waals surface area (Å²) in [5.74, 6) is 0.532. The highest BCUT2D eigenvalue weighted by Crippen LogP contribution is 2.19. The molecule has 0 atom stereocenters. The Bertz CT molecular complexity index is 407. The number of Topliss-reactive ketones (excluding diaryl/α,β-unsaturated/α-hetero) is 1. The zero-order chi connectivity index (χ0) is 12.1. The molecule has 0 amide bonds. The quantitative estimate of drug-likeness (QED) is 0.614. The number of ketones is 1. The number of nitrogens with zero attached hydrogens (tertiary/aromatic N) is 2. The summed E-state index contributed by atoms with van der Waals surface area (Å²) >= 11 is 0. The van der Waals surface area contributed by atoms with E-state index in [0.717, 1.165) is 17.7 Å². The van der Waals surface area contributed by atoms with Gasteiger partial charge in [0.05, 0.1) is 5.69 Å². The maximum absolute atomic E-state index is 11.3. The molecule has 0 unspecified atom stereocenters. The Morgan fingerprint density at radius 3 is 2.75 bits per heavy atom. The lowest BCUT2D eigenvalue weighted by Crippen LogP contribution is -2.10. The van der Waals surface area contributed by atoms with Crippen LogP contribution in [0.1, 0.15) is 38.4 Å². The van der Waals surface area contributed by atoms with Crippen molar-refractivity contribution in [1.29, 1.82) is 0 Å². The third kappa shape index (κ3) is 2.68. The first kappa shape index (κ1) is 12.4. The minimum absolute atomic E-state index is 0.0155.